The molecule has 27 heteroatoms. The van der Waals surface area contributed by atoms with Gasteiger partial charge in [-0.25, -0.2) is 4.85 Å². The molecule has 27 nitrogen and oxygen atoms in total. The van der Waals surface area contributed by atoms with E-state index in [1.54, 1.807) is 69.3 Å². The molecule has 0 unspecified atom stereocenters. The Morgan fingerprint density at radius 1 is 0.416 bits per heavy atom. The lowest BCUT2D eigenvalue weighted by molar-refractivity contribution is -0.154. The molecule has 12 heterocycles. The monoisotopic (exact) mass is 1410 g/mol. The lowest BCUT2D eigenvalue weighted by atomic mass is 9.89. The molecule has 14 rings (SSSR count). The van der Waals surface area contributed by atoms with Crippen molar-refractivity contribution in [2.45, 2.75) is 131 Å². The van der Waals surface area contributed by atoms with Crippen LogP contribution in [-0.4, -0.2) is 337 Å². The first-order chi connectivity index (χ1) is 48.4. The minimum Gasteiger partial charge on any atom is -0.384 e. The first-order valence-electron chi connectivity index (χ1n) is 36.9. The second-order valence-corrected chi connectivity index (χ2v) is 30.0. The minimum absolute atomic E-state index is 0.0162. The van der Waals surface area contributed by atoms with E-state index < -0.39 is 0 Å². The average molecular weight is 1410 g/mol. The molecule has 2 aromatic rings. The third-order valence-electron chi connectivity index (χ3n) is 22.5. The zero-order chi connectivity index (χ0) is 72.3. The highest BCUT2D eigenvalue weighted by molar-refractivity contribution is 5.98. The maximum absolute atomic E-state index is 12.6. The van der Waals surface area contributed by atoms with Gasteiger partial charge < -0.3 is 94.2 Å². The normalized spacial score (nSPS) is 24.6. The number of benzene rings is 2. The zero-order valence-corrected chi connectivity index (χ0v) is 61.6. The fourth-order valence-electron chi connectivity index (χ4n) is 15.9. The van der Waals surface area contributed by atoms with Gasteiger partial charge in [-0.2, -0.15) is 0 Å². The highest BCUT2D eigenvalue weighted by Gasteiger charge is 2.45. The van der Waals surface area contributed by atoms with Crippen molar-refractivity contribution in [3.8, 4) is 0 Å². The van der Waals surface area contributed by atoms with Crippen molar-refractivity contribution < 1.29 is 57.2 Å². The molecule has 0 aromatic heterocycles. The van der Waals surface area contributed by atoms with Gasteiger partial charge in [0.2, 0.25) is 23.6 Å². The molecule has 12 saturated heterocycles. The number of carbonyl (C=O) groups excluding carboxylic acids is 6. The van der Waals surface area contributed by atoms with E-state index in [-0.39, 0.29) is 81.5 Å². The van der Waals surface area contributed by atoms with E-state index in [1.807, 2.05) is 24.5 Å². The van der Waals surface area contributed by atoms with Gasteiger partial charge >= 0.3 is 0 Å². The second-order valence-electron chi connectivity index (χ2n) is 30.0. The summed E-state index contributed by atoms with van der Waals surface area (Å²) >= 11 is 0. The van der Waals surface area contributed by atoms with E-state index in [0.717, 1.165) is 241 Å². The van der Waals surface area contributed by atoms with Crippen LogP contribution in [0, 0.1) is 12.0 Å². The van der Waals surface area contributed by atoms with E-state index in [0.29, 0.717) is 28.9 Å². The minimum atomic E-state index is -0.222. The Morgan fingerprint density at radius 3 is 1.04 bits per heavy atom. The third kappa shape index (κ3) is 22.4. The van der Waals surface area contributed by atoms with Crippen molar-refractivity contribution in [2.75, 3.05) is 218 Å². The summed E-state index contributed by atoms with van der Waals surface area (Å²) < 4.78 is 35.3. The molecule has 0 saturated carbocycles. The van der Waals surface area contributed by atoms with Gasteiger partial charge in [0.05, 0.1) is 73.2 Å². The number of nitrogens with one attached hydrogen (secondary N) is 4. The Kier molecular flexibility index (Phi) is 28.5. The maximum atomic E-state index is 12.6. The lowest BCUT2D eigenvalue weighted by Crippen LogP contribution is -2.57. The number of hydrogen-bond donors (Lipinski definition) is 5. The van der Waals surface area contributed by atoms with Gasteiger partial charge in [0.25, 0.3) is 11.8 Å². The highest BCUT2D eigenvalue weighted by Crippen LogP contribution is 2.35. The number of rotatable bonds is 3. The van der Waals surface area contributed by atoms with Crippen molar-refractivity contribution in [1.82, 2.24) is 60.0 Å². The van der Waals surface area contributed by atoms with Crippen LogP contribution < -0.4 is 21.7 Å². The predicted octanol–water partition coefficient (Wildman–Crippen LogP) is 2.98. The topological polar surface area (TPSA) is 277 Å². The van der Waals surface area contributed by atoms with E-state index >= 15 is 0 Å². The summed E-state index contributed by atoms with van der Waals surface area (Å²) in [6.07, 6.45) is 11.4. The Hall–Kier alpha value is -6.26. The van der Waals surface area contributed by atoms with Gasteiger partial charge in [-0.1, -0.05) is 36.4 Å². The number of ether oxygens (including phenoxy) is 6. The van der Waals surface area contributed by atoms with Crippen LogP contribution in [0.5, 0.6) is 0 Å². The predicted molar refractivity (Wildman–Crippen MR) is 385 cm³/mol. The summed E-state index contributed by atoms with van der Waals surface area (Å²) in [4.78, 5) is 91.7. The van der Waals surface area contributed by atoms with Gasteiger partial charge in [-0.15, -0.1) is 0 Å². The van der Waals surface area contributed by atoms with Crippen molar-refractivity contribution in [2.24, 2.45) is 5.73 Å². The Morgan fingerprint density at radius 2 is 0.733 bits per heavy atom. The summed E-state index contributed by atoms with van der Waals surface area (Å²) in [6.45, 7) is 36.7. The van der Waals surface area contributed by atoms with Crippen molar-refractivity contribution >= 4 is 47.0 Å². The largest absolute Gasteiger partial charge is 0.384 e. The second kappa shape index (κ2) is 36.4. The molecule has 6 N–H and O–H groups in total. The number of amides is 6. The molecule has 0 radical (unpaired) electrons. The number of likely N-dealkylation sites (N-methyl/N-ethyl adjacent to an activating group) is 4. The molecule has 12 aliphatic rings. The Labute approximate surface area is 599 Å². The third-order valence-corrected chi connectivity index (χ3v) is 22.5. The number of hydrogen-bond acceptors (Lipinski definition) is 19. The number of likely N-dealkylation sites (tertiary alicyclic amines) is 5. The summed E-state index contributed by atoms with van der Waals surface area (Å²) in [5.41, 5.74) is 7.81. The summed E-state index contributed by atoms with van der Waals surface area (Å²) in [7, 11) is 8.58. The highest BCUT2D eigenvalue weighted by atomic mass is 16.5. The molecule has 0 bridgehead atoms. The fourth-order valence-corrected chi connectivity index (χ4v) is 15.9. The van der Waals surface area contributed by atoms with Crippen LogP contribution in [0.15, 0.2) is 48.5 Å². The van der Waals surface area contributed by atoms with Gasteiger partial charge in [0.15, 0.2) is 5.69 Å². The molecule has 12 aliphatic heterocycles. The molecule has 0 atom stereocenters. The van der Waals surface area contributed by atoms with E-state index in [2.05, 4.69) is 68.6 Å². The smallest absolute Gasteiger partial charge is 0.253 e. The van der Waals surface area contributed by atoms with Crippen LogP contribution in [-0.2, 0) is 47.6 Å². The van der Waals surface area contributed by atoms with E-state index in [9.17, 15) is 28.8 Å². The molecular weight excluding hydrogens is 1290 g/mol. The summed E-state index contributed by atoms with van der Waals surface area (Å²) in [5.74, 6) is 0.550. The number of nitrogens with two attached hydrogens (primary N) is 1. The SMILES string of the molecule is CC(=O)N1CCC2(CC1)CN(C)CCO2.CC(=O)N1CCC2(CC1)CNC(=O)CO2.CC(=O)N1CCC2(CC1)CNCCO2.CN1CCOC2(CCN(C(=O)c3ccc(C(=N)N)cc3)CC2)C1.CN1CCOC2(CCNCC2)C1.[C-]#[N+]c1ccc(C(=O)N2CCC3(CC2)CN(C)CCO3)cc1. The van der Waals surface area contributed by atoms with Gasteiger partial charge in [-0.3, -0.25) is 34.2 Å². The van der Waals surface area contributed by atoms with Crippen LogP contribution in [0.3, 0.4) is 0 Å². The molecular formula is C74H117N15O12. The van der Waals surface area contributed by atoms with Gasteiger partial charge in [-0.05, 0) is 130 Å². The van der Waals surface area contributed by atoms with Crippen molar-refractivity contribution in [1.29, 1.82) is 5.41 Å². The van der Waals surface area contributed by atoms with Crippen molar-refractivity contribution in [3.05, 3.63) is 76.6 Å². The molecule has 6 amide bonds. The number of nitrogens with zero attached hydrogens (tertiary/aromatic N) is 10. The Balaban J connectivity index is 0.000000143. The van der Waals surface area contributed by atoms with Crippen LogP contribution in [0.1, 0.15) is 124 Å². The molecule has 101 heavy (non-hydrogen) atoms. The Bertz CT molecular complexity index is 3060. The first kappa shape index (κ1) is 78.9. The first-order valence-corrected chi connectivity index (χ1v) is 36.9. The molecule has 12 fully saturated rings. The summed E-state index contributed by atoms with van der Waals surface area (Å²) in [6, 6.07) is 13.8. The van der Waals surface area contributed by atoms with Crippen molar-refractivity contribution in [3.63, 3.8) is 0 Å². The van der Waals surface area contributed by atoms with E-state index in [1.165, 1.54) is 12.8 Å². The molecule has 0 aliphatic carbocycles. The quantitative estimate of drug-likeness (QED) is 0.168. The fraction of sp³-hybridized carbons (Fsp3) is 0.730. The standard InChI is InChI=1S/C17H24N4O2.C17H21N3O2.C11H20N2O2.C10H16N2O3.C10H18N2O2.C9H18N2O/c1-20-10-11-23-17(12-20)6-8-21(9-7-17)16(22)14-4-2-13(3-5-14)15(18)19;1-18-15-5-3-14(4-6-15)16(21)20-9-7-17(8-10-20)13-19(2)11-12-22-17;1-10(14)13-5-3-11(4-6-13)9-12(2)7-8-15-11;1-8(13)12-4-2-10(3-5-12)7-11-9(14)6-15-10;1-9(13)12-5-2-10(3-6-12)8-11-4-7-14-10;1-11-6-7-12-9(8-11)2-4-10-5-3-9/h2-5H,6-12H2,1H3,(H3,18,19);3-6H,7-13H2,2H3;3-9H2,1-2H3;2-7H2,1H3,(H,11,14);11H,2-8H2,1H3;10H,2-8H2,1H3. The lowest BCUT2D eigenvalue weighted by Gasteiger charge is -2.46. The van der Waals surface area contributed by atoms with Gasteiger partial charge in [0.1, 0.15) is 12.4 Å². The van der Waals surface area contributed by atoms with Crippen LogP contribution in [0.2, 0.25) is 0 Å². The van der Waals surface area contributed by atoms with Crippen LogP contribution in [0.4, 0.5) is 5.69 Å². The number of nitrogen functional groups attached to an aromatic ring is 1. The maximum Gasteiger partial charge on any atom is 0.253 e. The van der Waals surface area contributed by atoms with E-state index in [4.69, 9.17) is 46.1 Å². The zero-order valence-electron chi connectivity index (χ0n) is 61.6. The molecule has 6 spiro atoms. The number of amidine groups is 1. The van der Waals surface area contributed by atoms with Gasteiger partial charge in [0, 0.05) is 175 Å². The molecule has 2 aromatic carbocycles. The summed E-state index contributed by atoms with van der Waals surface area (Å²) in [5, 5.41) is 17.0. The number of carbonyl (C=O) groups is 6. The number of piperidine rings is 6. The molecule has 560 valence electrons. The van der Waals surface area contributed by atoms with Crippen LogP contribution >= 0.6 is 0 Å². The van der Waals surface area contributed by atoms with Crippen LogP contribution in [0.25, 0.3) is 4.85 Å². The average Bonchev–Trinajstić information content (AvgIpc) is 0.820. The number of morpholine rings is 6.